The number of hydrogen-bond donors (Lipinski definition) is 1. The molecule has 0 unspecified atom stereocenters. The molecule has 0 amide bonds. The minimum atomic E-state index is -0.263. The van der Waals surface area contributed by atoms with Crippen LogP contribution in [0.3, 0.4) is 0 Å². The smallest absolute Gasteiger partial charge is 0.164 e. The second-order valence-electron chi connectivity index (χ2n) is 5.52. The molecule has 0 aromatic rings. The summed E-state index contributed by atoms with van der Waals surface area (Å²) < 4.78 is 5.43. The zero-order valence-corrected chi connectivity index (χ0v) is 10.7. The van der Waals surface area contributed by atoms with Crippen LogP contribution in [0.2, 0.25) is 0 Å². The summed E-state index contributed by atoms with van der Waals surface area (Å²) in [6, 6.07) is 0. The maximum absolute atomic E-state index is 12.0. The van der Waals surface area contributed by atoms with Crippen molar-refractivity contribution in [1.29, 1.82) is 0 Å². The molecule has 3 heteroatoms. The molecule has 0 radical (unpaired) electrons. The summed E-state index contributed by atoms with van der Waals surface area (Å²) in [7, 11) is 0. The SMILES string of the molecule is CCCC[C@H]1O[C@@H]1C(=O)C[C@H]1CCCC[C@@H]1O. The molecule has 1 N–H and O–H groups in total. The van der Waals surface area contributed by atoms with Gasteiger partial charge in [-0.15, -0.1) is 0 Å². The van der Waals surface area contributed by atoms with Gasteiger partial charge in [0, 0.05) is 6.42 Å². The first-order valence-electron chi connectivity index (χ1n) is 7.08. The van der Waals surface area contributed by atoms with Gasteiger partial charge in [0.25, 0.3) is 0 Å². The van der Waals surface area contributed by atoms with Crippen molar-refractivity contribution in [3.63, 3.8) is 0 Å². The van der Waals surface area contributed by atoms with E-state index in [0.29, 0.717) is 6.42 Å². The summed E-state index contributed by atoms with van der Waals surface area (Å²) in [4.78, 5) is 12.0. The molecule has 98 valence electrons. The van der Waals surface area contributed by atoms with E-state index >= 15 is 0 Å². The van der Waals surface area contributed by atoms with Crippen LogP contribution in [0.5, 0.6) is 0 Å². The summed E-state index contributed by atoms with van der Waals surface area (Å²) >= 11 is 0. The Labute approximate surface area is 104 Å². The topological polar surface area (TPSA) is 49.8 Å². The normalized spacial score (nSPS) is 36.8. The highest BCUT2D eigenvalue weighted by Crippen LogP contribution is 2.33. The molecule has 1 heterocycles. The molecule has 2 aliphatic rings. The lowest BCUT2D eigenvalue weighted by Crippen LogP contribution is -2.28. The number of hydrogen-bond acceptors (Lipinski definition) is 3. The molecule has 1 aliphatic carbocycles. The van der Waals surface area contributed by atoms with Crippen LogP contribution in [-0.2, 0) is 9.53 Å². The zero-order valence-electron chi connectivity index (χ0n) is 10.7. The molecule has 0 aromatic carbocycles. The van der Waals surface area contributed by atoms with Crippen LogP contribution in [0.1, 0.15) is 58.3 Å². The molecule has 0 aromatic heterocycles. The Morgan fingerprint density at radius 2 is 2.12 bits per heavy atom. The number of epoxide rings is 1. The number of carbonyl (C=O) groups is 1. The van der Waals surface area contributed by atoms with Gasteiger partial charge in [0.2, 0.25) is 0 Å². The van der Waals surface area contributed by atoms with Crippen molar-refractivity contribution in [1.82, 2.24) is 0 Å². The van der Waals surface area contributed by atoms with Crippen molar-refractivity contribution in [2.45, 2.75) is 76.6 Å². The molecule has 2 fully saturated rings. The van der Waals surface area contributed by atoms with Gasteiger partial charge in [0.1, 0.15) is 6.10 Å². The predicted octanol–water partition coefficient (Wildman–Crippen LogP) is 2.45. The number of aliphatic hydroxyl groups is 1. The van der Waals surface area contributed by atoms with Gasteiger partial charge in [-0.2, -0.15) is 0 Å². The number of rotatable bonds is 6. The molecule has 1 saturated carbocycles. The maximum atomic E-state index is 12.0. The summed E-state index contributed by atoms with van der Waals surface area (Å²) in [5, 5.41) is 9.83. The minimum absolute atomic E-state index is 0.143. The van der Waals surface area contributed by atoms with Crippen molar-refractivity contribution in [2.24, 2.45) is 5.92 Å². The van der Waals surface area contributed by atoms with Crippen molar-refractivity contribution in [3.05, 3.63) is 0 Å². The van der Waals surface area contributed by atoms with Gasteiger partial charge in [-0.3, -0.25) is 4.79 Å². The highest BCUT2D eigenvalue weighted by atomic mass is 16.6. The second kappa shape index (κ2) is 5.96. The Bertz CT molecular complexity index is 264. The van der Waals surface area contributed by atoms with Gasteiger partial charge in [0.15, 0.2) is 5.78 Å². The van der Waals surface area contributed by atoms with E-state index in [0.717, 1.165) is 44.9 Å². The third-order valence-corrected chi connectivity index (χ3v) is 4.07. The first-order chi connectivity index (χ1) is 8.22. The molecular formula is C14H24O3. The van der Waals surface area contributed by atoms with E-state index in [1.165, 1.54) is 0 Å². The van der Waals surface area contributed by atoms with Crippen molar-refractivity contribution >= 4 is 5.78 Å². The van der Waals surface area contributed by atoms with Crippen molar-refractivity contribution in [3.8, 4) is 0 Å². The highest BCUT2D eigenvalue weighted by Gasteiger charge is 2.44. The third-order valence-electron chi connectivity index (χ3n) is 4.07. The number of unbranched alkanes of at least 4 members (excludes halogenated alkanes) is 1. The van der Waals surface area contributed by atoms with E-state index in [-0.39, 0.29) is 30.0 Å². The van der Waals surface area contributed by atoms with Crippen LogP contribution in [0, 0.1) is 5.92 Å². The van der Waals surface area contributed by atoms with E-state index in [1.807, 2.05) is 0 Å². The molecule has 17 heavy (non-hydrogen) atoms. The number of Topliss-reactive ketones (excluding diaryl/α,β-unsaturated/α-hetero) is 1. The Morgan fingerprint density at radius 1 is 1.35 bits per heavy atom. The number of ketones is 1. The van der Waals surface area contributed by atoms with E-state index in [9.17, 15) is 9.90 Å². The maximum Gasteiger partial charge on any atom is 0.164 e. The van der Waals surface area contributed by atoms with Crippen LogP contribution in [0.4, 0.5) is 0 Å². The van der Waals surface area contributed by atoms with E-state index in [1.54, 1.807) is 0 Å². The fourth-order valence-corrected chi connectivity index (χ4v) is 2.85. The average Bonchev–Trinajstić information content (AvgIpc) is 3.09. The molecule has 0 spiro atoms. The molecule has 3 nitrogen and oxygen atoms in total. The summed E-state index contributed by atoms with van der Waals surface area (Å²) in [6.07, 6.45) is 7.73. The highest BCUT2D eigenvalue weighted by molar-refractivity contribution is 5.86. The minimum Gasteiger partial charge on any atom is -0.393 e. The molecule has 4 atom stereocenters. The summed E-state index contributed by atoms with van der Waals surface area (Å²) in [5.74, 6) is 0.407. The standard InChI is InChI=1S/C14H24O3/c1-2-3-8-13-14(17-13)12(16)9-10-6-4-5-7-11(10)15/h10-11,13-15H,2-9H2,1H3/t10-,11+,13-,14-/m1/s1. The molecule has 2 rings (SSSR count). The van der Waals surface area contributed by atoms with Crippen LogP contribution < -0.4 is 0 Å². The van der Waals surface area contributed by atoms with Crippen LogP contribution in [0.15, 0.2) is 0 Å². The number of ether oxygens (including phenoxy) is 1. The van der Waals surface area contributed by atoms with E-state index < -0.39 is 0 Å². The van der Waals surface area contributed by atoms with Gasteiger partial charge < -0.3 is 9.84 Å². The second-order valence-corrected chi connectivity index (χ2v) is 5.52. The predicted molar refractivity (Wildman–Crippen MR) is 65.8 cm³/mol. The average molecular weight is 240 g/mol. The largest absolute Gasteiger partial charge is 0.393 e. The fraction of sp³-hybridized carbons (Fsp3) is 0.929. The van der Waals surface area contributed by atoms with Gasteiger partial charge in [-0.1, -0.05) is 32.6 Å². The molecular weight excluding hydrogens is 216 g/mol. The lowest BCUT2D eigenvalue weighted by atomic mass is 9.82. The zero-order chi connectivity index (χ0) is 12.3. The molecule has 1 saturated heterocycles. The molecule has 1 aliphatic heterocycles. The van der Waals surface area contributed by atoms with E-state index in [2.05, 4.69) is 6.92 Å². The van der Waals surface area contributed by atoms with E-state index in [4.69, 9.17) is 4.74 Å². The van der Waals surface area contributed by atoms with Gasteiger partial charge in [0.05, 0.1) is 12.2 Å². The lowest BCUT2D eigenvalue weighted by molar-refractivity contribution is -0.122. The monoisotopic (exact) mass is 240 g/mol. The molecule has 0 bridgehead atoms. The van der Waals surface area contributed by atoms with Gasteiger partial charge >= 0.3 is 0 Å². The Morgan fingerprint density at radius 3 is 2.82 bits per heavy atom. The quantitative estimate of drug-likeness (QED) is 0.725. The lowest BCUT2D eigenvalue weighted by Gasteiger charge is -2.26. The Kier molecular flexibility index (Phi) is 4.57. The first kappa shape index (κ1) is 13.0. The summed E-state index contributed by atoms with van der Waals surface area (Å²) in [6.45, 7) is 2.15. The fourth-order valence-electron chi connectivity index (χ4n) is 2.85. The van der Waals surface area contributed by atoms with Gasteiger partial charge in [-0.05, 0) is 25.2 Å². The Balaban J connectivity index is 1.71. The van der Waals surface area contributed by atoms with Crippen molar-refractivity contribution in [2.75, 3.05) is 0 Å². The van der Waals surface area contributed by atoms with Gasteiger partial charge in [-0.25, -0.2) is 0 Å². The first-order valence-corrected chi connectivity index (χ1v) is 7.08. The van der Waals surface area contributed by atoms with Crippen LogP contribution in [-0.4, -0.2) is 29.2 Å². The Hall–Kier alpha value is -0.410. The summed E-state index contributed by atoms with van der Waals surface area (Å²) in [5.41, 5.74) is 0. The van der Waals surface area contributed by atoms with Crippen LogP contribution >= 0.6 is 0 Å². The number of carbonyl (C=O) groups excluding carboxylic acids is 1. The third kappa shape index (κ3) is 3.52. The van der Waals surface area contributed by atoms with Crippen LogP contribution in [0.25, 0.3) is 0 Å². The number of aliphatic hydroxyl groups excluding tert-OH is 1. The van der Waals surface area contributed by atoms with Crippen molar-refractivity contribution < 1.29 is 14.6 Å².